The van der Waals surface area contributed by atoms with Crippen molar-refractivity contribution in [2.45, 2.75) is 38.3 Å². The lowest BCUT2D eigenvalue weighted by atomic mass is 10.1. The molecule has 1 amide bonds. The monoisotopic (exact) mass is 312 g/mol. The summed E-state index contributed by atoms with van der Waals surface area (Å²) in [7, 11) is 0. The van der Waals surface area contributed by atoms with E-state index in [0.717, 1.165) is 30.8 Å². The van der Waals surface area contributed by atoms with E-state index in [-0.39, 0.29) is 18.1 Å². The zero-order valence-electron chi connectivity index (χ0n) is 13.2. The summed E-state index contributed by atoms with van der Waals surface area (Å²) in [6.45, 7) is 3.20. The Labute approximate surface area is 135 Å². The molecule has 2 aromatic rings. The second kappa shape index (κ2) is 5.77. The number of morpholine rings is 1. The van der Waals surface area contributed by atoms with Crippen LogP contribution >= 0.6 is 0 Å². The number of nitrogens with zero attached hydrogens (tertiary/aromatic N) is 4. The number of hydrogen-bond acceptors (Lipinski definition) is 4. The summed E-state index contributed by atoms with van der Waals surface area (Å²) in [6, 6.07) is 5.88. The maximum absolute atomic E-state index is 13.0. The molecule has 0 radical (unpaired) electrons. The molecule has 0 unspecified atom stereocenters. The zero-order valence-corrected chi connectivity index (χ0v) is 13.2. The Morgan fingerprint density at radius 2 is 2.26 bits per heavy atom. The Morgan fingerprint density at radius 1 is 1.35 bits per heavy atom. The van der Waals surface area contributed by atoms with Crippen molar-refractivity contribution in [3.05, 3.63) is 41.9 Å². The number of pyridine rings is 1. The van der Waals surface area contributed by atoms with Crippen LogP contribution in [0.3, 0.4) is 0 Å². The van der Waals surface area contributed by atoms with Gasteiger partial charge in [-0.1, -0.05) is 6.07 Å². The highest BCUT2D eigenvalue weighted by Crippen LogP contribution is 2.31. The minimum absolute atomic E-state index is 0.0601. The molecular weight excluding hydrogens is 292 g/mol. The average molecular weight is 312 g/mol. The molecule has 2 fully saturated rings. The average Bonchev–Trinajstić information content (AvgIpc) is 3.21. The van der Waals surface area contributed by atoms with E-state index in [2.05, 4.69) is 10.1 Å². The van der Waals surface area contributed by atoms with E-state index < -0.39 is 0 Å². The predicted molar refractivity (Wildman–Crippen MR) is 84.5 cm³/mol. The lowest BCUT2D eigenvalue weighted by Crippen LogP contribution is -2.51. The first-order chi connectivity index (χ1) is 11.3. The van der Waals surface area contributed by atoms with Crippen molar-refractivity contribution in [3.8, 4) is 5.82 Å². The van der Waals surface area contributed by atoms with E-state index in [1.165, 1.54) is 0 Å². The molecule has 1 aliphatic heterocycles. The van der Waals surface area contributed by atoms with Crippen molar-refractivity contribution < 1.29 is 9.53 Å². The van der Waals surface area contributed by atoms with E-state index in [4.69, 9.17) is 4.74 Å². The van der Waals surface area contributed by atoms with E-state index in [1.807, 2.05) is 30.0 Å². The minimum atomic E-state index is 0.0601. The summed E-state index contributed by atoms with van der Waals surface area (Å²) in [5.41, 5.74) is 1.48. The number of amides is 1. The summed E-state index contributed by atoms with van der Waals surface area (Å²) in [5.74, 6) is 0.787. The molecule has 0 N–H and O–H groups in total. The Kier molecular flexibility index (Phi) is 3.61. The Bertz CT molecular complexity index is 713. The third kappa shape index (κ3) is 2.43. The summed E-state index contributed by atoms with van der Waals surface area (Å²) < 4.78 is 7.52. The summed E-state index contributed by atoms with van der Waals surface area (Å²) in [6.07, 6.45) is 6.81. The van der Waals surface area contributed by atoms with Crippen LogP contribution in [0.2, 0.25) is 0 Å². The lowest BCUT2D eigenvalue weighted by molar-refractivity contribution is -0.0445. The molecule has 1 aliphatic carbocycles. The van der Waals surface area contributed by atoms with E-state index in [9.17, 15) is 4.79 Å². The van der Waals surface area contributed by atoms with Gasteiger partial charge in [-0.25, -0.2) is 9.67 Å². The Hall–Kier alpha value is -2.21. The quantitative estimate of drug-likeness (QED) is 0.850. The third-order valence-electron chi connectivity index (χ3n) is 4.85. The predicted octanol–water partition coefficient (Wildman–Crippen LogP) is 1.97. The fourth-order valence-electron chi connectivity index (χ4n) is 3.66. The summed E-state index contributed by atoms with van der Waals surface area (Å²) in [4.78, 5) is 19.3. The van der Waals surface area contributed by atoms with Crippen molar-refractivity contribution in [3.63, 3.8) is 0 Å². The van der Waals surface area contributed by atoms with Crippen molar-refractivity contribution in [2.24, 2.45) is 0 Å². The maximum atomic E-state index is 13.0. The largest absolute Gasteiger partial charge is 0.374 e. The molecule has 4 rings (SSSR count). The summed E-state index contributed by atoms with van der Waals surface area (Å²) >= 11 is 0. The molecule has 23 heavy (non-hydrogen) atoms. The van der Waals surface area contributed by atoms with Gasteiger partial charge in [-0.05, 0) is 38.3 Å². The van der Waals surface area contributed by atoms with Crippen molar-refractivity contribution in [2.75, 3.05) is 13.2 Å². The van der Waals surface area contributed by atoms with Gasteiger partial charge in [0.1, 0.15) is 0 Å². The first-order valence-electron chi connectivity index (χ1n) is 8.14. The Balaban J connectivity index is 1.63. The zero-order chi connectivity index (χ0) is 15.8. The number of rotatable bonds is 2. The topological polar surface area (TPSA) is 60.3 Å². The van der Waals surface area contributed by atoms with Crippen LogP contribution in [0.25, 0.3) is 5.82 Å². The van der Waals surface area contributed by atoms with Crippen LogP contribution < -0.4 is 0 Å². The molecule has 1 saturated heterocycles. The standard InChI is InChI=1S/C17H20N4O2/c1-12-13(11-19-21(12)16-7-2-3-8-18-16)17(22)20-9-10-23-15-6-4-5-14(15)20/h2-3,7-8,11,14-15H,4-6,9-10H2,1H3/t14-,15-/m0/s1. The molecule has 0 aromatic carbocycles. The minimum Gasteiger partial charge on any atom is -0.374 e. The van der Waals surface area contributed by atoms with Gasteiger partial charge in [0.15, 0.2) is 5.82 Å². The smallest absolute Gasteiger partial charge is 0.257 e. The normalized spacial score (nSPS) is 23.8. The highest BCUT2D eigenvalue weighted by atomic mass is 16.5. The Morgan fingerprint density at radius 3 is 3.09 bits per heavy atom. The molecule has 2 aliphatic rings. The summed E-state index contributed by atoms with van der Waals surface area (Å²) in [5, 5.41) is 4.36. The maximum Gasteiger partial charge on any atom is 0.257 e. The number of aromatic nitrogens is 3. The van der Waals surface area contributed by atoms with Gasteiger partial charge in [0.2, 0.25) is 0 Å². The van der Waals surface area contributed by atoms with Gasteiger partial charge in [-0.3, -0.25) is 4.79 Å². The van der Waals surface area contributed by atoms with Crippen LogP contribution in [0.4, 0.5) is 0 Å². The van der Waals surface area contributed by atoms with Gasteiger partial charge >= 0.3 is 0 Å². The molecule has 0 spiro atoms. The van der Waals surface area contributed by atoms with Gasteiger partial charge in [0, 0.05) is 12.7 Å². The lowest BCUT2D eigenvalue weighted by Gasteiger charge is -2.37. The molecule has 3 heterocycles. The second-order valence-electron chi connectivity index (χ2n) is 6.15. The fraction of sp³-hybridized carbons (Fsp3) is 0.471. The molecule has 2 aromatic heterocycles. The van der Waals surface area contributed by atoms with Gasteiger partial charge in [-0.15, -0.1) is 0 Å². The van der Waals surface area contributed by atoms with Crippen LogP contribution in [0.5, 0.6) is 0 Å². The highest BCUT2D eigenvalue weighted by molar-refractivity contribution is 5.95. The number of ether oxygens (including phenoxy) is 1. The van der Waals surface area contributed by atoms with Crippen LogP contribution in [0.1, 0.15) is 35.3 Å². The van der Waals surface area contributed by atoms with E-state index in [1.54, 1.807) is 17.1 Å². The first kappa shape index (κ1) is 14.4. The number of fused-ring (bicyclic) bond motifs is 1. The van der Waals surface area contributed by atoms with Gasteiger partial charge < -0.3 is 9.64 Å². The van der Waals surface area contributed by atoms with Crippen molar-refractivity contribution in [1.29, 1.82) is 0 Å². The molecule has 6 nitrogen and oxygen atoms in total. The van der Waals surface area contributed by atoms with Crippen LogP contribution in [0, 0.1) is 6.92 Å². The molecular formula is C17H20N4O2. The van der Waals surface area contributed by atoms with Crippen LogP contribution in [-0.2, 0) is 4.74 Å². The third-order valence-corrected chi connectivity index (χ3v) is 4.85. The van der Waals surface area contributed by atoms with Crippen molar-refractivity contribution >= 4 is 5.91 Å². The molecule has 120 valence electrons. The number of carbonyl (C=O) groups is 1. The van der Waals surface area contributed by atoms with Gasteiger partial charge in [0.25, 0.3) is 5.91 Å². The van der Waals surface area contributed by atoms with E-state index in [0.29, 0.717) is 18.7 Å². The van der Waals surface area contributed by atoms with Crippen LogP contribution in [-0.4, -0.2) is 50.9 Å². The van der Waals surface area contributed by atoms with Crippen molar-refractivity contribution in [1.82, 2.24) is 19.7 Å². The second-order valence-corrected chi connectivity index (χ2v) is 6.15. The number of carbonyl (C=O) groups excluding carboxylic acids is 1. The van der Waals surface area contributed by atoms with Gasteiger partial charge in [-0.2, -0.15) is 5.10 Å². The SMILES string of the molecule is Cc1c(C(=O)N2CCO[C@H]3CCC[C@@H]32)cnn1-c1ccccn1. The van der Waals surface area contributed by atoms with Gasteiger partial charge in [0.05, 0.1) is 36.2 Å². The van der Waals surface area contributed by atoms with Crippen LogP contribution in [0.15, 0.2) is 30.6 Å². The number of hydrogen-bond donors (Lipinski definition) is 0. The first-order valence-corrected chi connectivity index (χ1v) is 8.14. The molecule has 2 atom stereocenters. The van der Waals surface area contributed by atoms with E-state index >= 15 is 0 Å². The molecule has 1 saturated carbocycles. The molecule has 0 bridgehead atoms. The fourth-order valence-corrected chi connectivity index (χ4v) is 3.66. The highest BCUT2D eigenvalue weighted by Gasteiger charge is 2.39. The molecule has 6 heteroatoms.